The lowest BCUT2D eigenvalue weighted by molar-refractivity contribution is -0.145. The zero-order valence-corrected chi connectivity index (χ0v) is 24.1. The zero-order valence-electron chi connectivity index (χ0n) is 23.2. The number of para-hydroxylation sites is 1. The summed E-state index contributed by atoms with van der Waals surface area (Å²) < 4.78 is 0.0382. The molecule has 5 atom stereocenters. The van der Waals surface area contributed by atoms with Crippen molar-refractivity contribution in [3.63, 3.8) is 0 Å². The van der Waals surface area contributed by atoms with E-state index in [1.807, 2.05) is 84.6 Å². The molecule has 4 aliphatic heterocycles. The summed E-state index contributed by atoms with van der Waals surface area (Å²) in [7, 11) is 0. The molecule has 7 rings (SSSR count). The SMILES string of the molecule is C[C@]12C=CCN(Cc3ccccc3)C(=O)[C@H]1[C@H]1C(=O)N(CCO)C3C(=O)N(Cn4nnc5ccccc54)CC=C[C@@]31S2. The van der Waals surface area contributed by atoms with Crippen molar-refractivity contribution in [3.05, 3.63) is 84.5 Å². The quantitative estimate of drug-likeness (QED) is 0.442. The van der Waals surface area contributed by atoms with E-state index in [0.717, 1.165) is 16.6 Å². The van der Waals surface area contributed by atoms with Gasteiger partial charge in [0.15, 0.2) is 0 Å². The summed E-state index contributed by atoms with van der Waals surface area (Å²) in [6.07, 6.45) is 8.00. The van der Waals surface area contributed by atoms with Crippen LogP contribution in [-0.4, -0.2) is 94.3 Å². The molecule has 2 aromatic carbocycles. The van der Waals surface area contributed by atoms with Gasteiger partial charge in [-0.15, -0.1) is 16.9 Å². The van der Waals surface area contributed by atoms with E-state index in [0.29, 0.717) is 19.6 Å². The number of rotatable bonds is 6. The van der Waals surface area contributed by atoms with Crippen LogP contribution in [0.15, 0.2) is 78.9 Å². The molecule has 2 fully saturated rings. The molecule has 42 heavy (non-hydrogen) atoms. The van der Waals surface area contributed by atoms with Crippen molar-refractivity contribution >= 4 is 40.5 Å². The van der Waals surface area contributed by atoms with Crippen LogP contribution < -0.4 is 0 Å². The Balaban J connectivity index is 1.26. The van der Waals surface area contributed by atoms with E-state index in [9.17, 15) is 19.5 Å². The average molecular weight is 585 g/mol. The van der Waals surface area contributed by atoms with Crippen molar-refractivity contribution in [2.45, 2.75) is 35.7 Å². The van der Waals surface area contributed by atoms with E-state index in [-0.39, 0.29) is 37.5 Å². The summed E-state index contributed by atoms with van der Waals surface area (Å²) in [4.78, 5) is 48.1. The van der Waals surface area contributed by atoms with Gasteiger partial charge < -0.3 is 19.8 Å². The molecule has 5 heterocycles. The Bertz CT molecular complexity index is 1620. The van der Waals surface area contributed by atoms with Crippen molar-refractivity contribution in [1.82, 2.24) is 29.7 Å². The monoisotopic (exact) mass is 584 g/mol. The van der Waals surface area contributed by atoms with Crippen LogP contribution in [0, 0.1) is 11.8 Å². The molecule has 0 saturated carbocycles. The van der Waals surface area contributed by atoms with Gasteiger partial charge in [0, 0.05) is 30.9 Å². The molecule has 4 aliphatic rings. The first-order valence-corrected chi connectivity index (χ1v) is 15.0. The maximum absolute atomic E-state index is 14.4. The van der Waals surface area contributed by atoms with Crippen LogP contribution in [-0.2, 0) is 27.6 Å². The zero-order chi connectivity index (χ0) is 29.1. The second kappa shape index (κ2) is 10.1. The van der Waals surface area contributed by atoms with Gasteiger partial charge in [-0.1, -0.05) is 72.0 Å². The second-order valence-corrected chi connectivity index (χ2v) is 13.3. The lowest BCUT2D eigenvalue weighted by atomic mass is 9.74. The minimum Gasteiger partial charge on any atom is -0.395 e. The minimum atomic E-state index is -0.961. The number of aromatic nitrogens is 3. The molecular formula is C31H32N6O4S. The summed E-state index contributed by atoms with van der Waals surface area (Å²) in [6.45, 7) is 3.13. The Hall–Kier alpha value is -3.96. The Morgan fingerprint density at radius 2 is 1.64 bits per heavy atom. The van der Waals surface area contributed by atoms with Gasteiger partial charge >= 0.3 is 0 Å². The second-order valence-electron chi connectivity index (χ2n) is 11.5. The fraction of sp³-hybridized carbons (Fsp3) is 0.387. The Morgan fingerprint density at radius 1 is 0.905 bits per heavy atom. The number of nitrogens with zero attached hydrogens (tertiary/aromatic N) is 6. The fourth-order valence-corrected chi connectivity index (χ4v) is 9.38. The van der Waals surface area contributed by atoms with E-state index >= 15 is 0 Å². The fourth-order valence-electron chi connectivity index (χ4n) is 7.22. The van der Waals surface area contributed by atoms with E-state index in [1.54, 1.807) is 9.58 Å². The summed E-state index contributed by atoms with van der Waals surface area (Å²) in [5.74, 6) is -1.98. The molecule has 0 bridgehead atoms. The summed E-state index contributed by atoms with van der Waals surface area (Å²) in [6, 6.07) is 16.5. The molecule has 1 aromatic heterocycles. The molecule has 10 nitrogen and oxygen atoms in total. The number of carbonyl (C=O) groups excluding carboxylic acids is 3. The van der Waals surface area contributed by atoms with Crippen LogP contribution in [0.4, 0.5) is 0 Å². The van der Waals surface area contributed by atoms with E-state index < -0.39 is 27.4 Å². The lowest BCUT2D eigenvalue weighted by Crippen LogP contribution is -2.54. The normalized spacial score (nSPS) is 30.5. The molecule has 2 saturated heterocycles. The van der Waals surface area contributed by atoms with Gasteiger partial charge in [0.2, 0.25) is 17.7 Å². The van der Waals surface area contributed by atoms with Crippen molar-refractivity contribution in [2.24, 2.45) is 11.8 Å². The van der Waals surface area contributed by atoms with Crippen molar-refractivity contribution in [3.8, 4) is 0 Å². The number of benzene rings is 2. The van der Waals surface area contributed by atoms with Gasteiger partial charge in [-0.05, 0) is 24.6 Å². The highest BCUT2D eigenvalue weighted by Gasteiger charge is 2.73. The highest BCUT2D eigenvalue weighted by atomic mass is 32.2. The number of carbonyl (C=O) groups is 3. The molecule has 0 radical (unpaired) electrons. The molecule has 1 N–H and O–H groups in total. The number of fused-ring (bicyclic) bond motifs is 3. The lowest BCUT2D eigenvalue weighted by Gasteiger charge is -2.36. The first kappa shape index (κ1) is 26.9. The highest BCUT2D eigenvalue weighted by Crippen LogP contribution is 2.65. The Morgan fingerprint density at radius 3 is 2.45 bits per heavy atom. The molecule has 1 unspecified atom stereocenters. The van der Waals surface area contributed by atoms with Gasteiger partial charge in [0.25, 0.3) is 0 Å². The van der Waals surface area contributed by atoms with Crippen LogP contribution in [0.25, 0.3) is 11.0 Å². The van der Waals surface area contributed by atoms with Crippen LogP contribution in [0.1, 0.15) is 12.5 Å². The topological polar surface area (TPSA) is 112 Å². The largest absolute Gasteiger partial charge is 0.395 e. The number of likely N-dealkylation sites (tertiary alicyclic amines) is 1. The summed E-state index contributed by atoms with van der Waals surface area (Å²) in [5, 5.41) is 18.5. The maximum atomic E-state index is 14.4. The van der Waals surface area contributed by atoms with Crippen molar-refractivity contribution < 1.29 is 19.5 Å². The number of hydrogen-bond acceptors (Lipinski definition) is 7. The van der Waals surface area contributed by atoms with Crippen LogP contribution in [0.5, 0.6) is 0 Å². The van der Waals surface area contributed by atoms with E-state index in [2.05, 4.69) is 16.4 Å². The molecular weight excluding hydrogens is 552 g/mol. The Kier molecular flexibility index (Phi) is 6.47. The average Bonchev–Trinajstić information content (AvgIpc) is 3.51. The third kappa shape index (κ3) is 4.01. The predicted octanol–water partition coefficient (Wildman–Crippen LogP) is 2.07. The van der Waals surface area contributed by atoms with Gasteiger partial charge in [0.05, 0.1) is 28.7 Å². The third-order valence-electron chi connectivity index (χ3n) is 9.01. The van der Waals surface area contributed by atoms with Crippen molar-refractivity contribution in [1.29, 1.82) is 0 Å². The highest BCUT2D eigenvalue weighted by molar-refractivity contribution is 8.02. The smallest absolute Gasteiger partial charge is 0.248 e. The van der Waals surface area contributed by atoms with E-state index in [1.165, 1.54) is 16.7 Å². The third-order valence-corrected chi connectivity index (χ3v) is 10.8. The maximum Gasteiger partial charge on any atom is 0.248 e. The van der Waals surface area contributed by atoms with Gasteiger partial charge in [-0.25, -0.2) is 4.68 Å². The molecule has 11 heteroatoms. The van der Waals surface area contributed by atoms with Gasteiger partial charge in [-0.3, -0.25) is 14.4 Å². The van der Waals surface area contributed by atoms with E-state index in [4.69, 9.17) is 0 Å². The molecule has 3 aromatic rings. The minimum absolute atomic E-state index is 0.0170. The van der Waals surface area contributed by atoms with Crippen molar-refractivity contribution in [2.75, 3.05) is 26.2 Å². The number of hydrogen-bond donors (Lipinski definition) is 1. The van der Waals surface area contributed by atoms with Gasteiger partial charge in [-0.2, -0.15) is 0 Å². The number of aliphatic hydroxyl groups is 1. The van der Waals surface area contributed by atoms with Crippen LogP contribution in [0.2, 0.25) is 0 Å². The van der Waals surface area contributed by atoms with Gasteiger partial charge in [0.1, 0.15) is 18.2 Å². The molecule has 0 aliphatic carbocycles. The number of aliphatic hydroxyl groups excluding tert-OH is 1. The predicted molar refractivity (Wildman–Crippen MR) is 158 cm³/mol. The number of amides is 3. The number of thioether (sulfide) groups is 1. The summed E-state index contributed by atoms with van der Waals surface area (Å²) in [5.41, 5.74) is 2.55. The molecule has 1 spiro atoms. The number of β-amino-alcohol motifs (C(OH)–C–C–N with tert-alkyl or cyclic N) is 1. The standard InChI is InChI=1S/C31H32N6O4S/c1-30-13-7-15-34(19-21-9-3-2-4-10-21)27(39)24(30)25-28(40)36(17-18-38)26-29(41)35(16-8-14-31(25,26)42-30)20-37-23-12-6-5-11-22(23)32-33-37/h2-14,24-26,38H,15-20H2,1H3/t24-,25+,26?,30+,31+/m1/s1. The van der Waals surface area contributed by atoms with Crippen LogP contribution in [0.3, 0.4) is 0 Å². The molecule has 216 valence electrons. The Labute approximate surface area is 247 Å². The van der Waals surface area contributed by atoms with Crippen LogP contribution >= 0.6 is 11.8 Å². The first-order chi connectivity index (χ1) is 20.4. The molecule has 3 amide bonds. The summed E-state index contributed by atoms with van der Waals surface area (Å²) >= 11 is 1.54. The first-order valence-electron chi connectivity index (χ1n) is 14.2.